The van der Waals surface area contributed by atoms with Crippen molar-refractivity contribution in [1.29, 1.82) is 0 Å². The van der Waals surface area contributed by atoms with Gasteiger partial charge in [0.25, 0.3) is 0 Å². The van der Waals surface area contributed by atoms with Crippen molar-refractivity contribution in [2.45, 2.75) is 39.6 Å². The highest BCUT2D eigenvalue weighted by Gasteiger charge is 2.68. The third-order valence-electron chi connectivity index (χ3n) is 4.93. The van der Waals surface area contributed by atoms with E-state index < -0.39 is 0 Å². The van der Waals surface area contributed by atoms with Crippen LogP contribution < -0.4 is 5.32 Å². The molecule has 1 fully saturated rings. The minimum absolute atomic E-state index is 0.108. The molecule has 104 valence electrons. The first-order valence-corrected chi connectivity index (χ1v) is 7.84. The van der Waals surface area contributed by atoms with Crippen molar-refractivity contribution in [2.24, 2.45) is 16.7 Å². The van der Waals surface area contributed by atoms with Crippen molar-refractivity contribution >= 4 is 21.8 Å². The average Bonchev–Trinajstić information content (AvgIpc) is 2.77. The monoisotopic (exact) mass is 323 g/mol. The zero-order valence-electron chi connectivity index (χ0n) is 12.1. The summed E-state index contributed by atoms with van der Waals surface area (Å²) in [6.45, 7) is 9.29. The molecule has 0 unspecified atom stereocenters. The summed E-state index contributed by atoms with van der Waals surface area (Å²) in [6, 6.07) is 8.31. The second kappa shape index (κ2) is 4.93. The van der Waals surface area contributed by atoms with Crippen molar-refractivity contribution in [3.63, 3.8) is 0 Å². The molecule has 1 amide bonds. The lowest BCUT2D eigenvalue weighted by molar-refractivity contribution is -0.123. The molecule has 2 rings (SSSR count). The SMILES string of the molecule is CC1(C)C(C(=O)NCc2ccc(CBr)cc2)C1(C)C. The predicted octanol–water partition coefficient (Wildman–Crippen LogP) is 3.88. The van der Waals surface area contributed by atoms with Gasteiger partial charge in [0.2, 0.25) is 5.91 Å². The molecule has 0 bridgehead atoms. The maximum atomic E-state index is 12.2. The Hall–Kier alpha value is -0.830. The van der Waals surface area contributed by atoms with Gasteiger partial charge in [-0.1, -0.05) is 67.9 Å². The number of alkyl halides is 1. The van der Waals surface area contributed by atoms with E-state index in [0.29, 0.717) is 6.54 Å². The first-order chi connectivity index (χ1) is 8.80. The highest BCUT2D eigenvalue weighted by Crippen LogP contribution is 2.68. The van der Waals surface area contributed by atoms with Crippen molar-refractivity contribution in [2.75, 3.05) is 0 Å². The zero-order valence-corrected chi connectivity index (χ0v) is 13.7. The summed E-state index contributed by atoms with van der Waals surface area (Å²) in [5.41, 5.74) is 2.61. The van der Waals surface area contributed by atoms with Crippen LogP contribution in [0.5, 0.6) is 0 Å². The molecule has 0 radical (unpaired) electrons. The summed E-state index contributed by atoms with van der Waals surface area (Å²) in [5, 5.41) is 3.92. The lowest BCUT2D eigenvalue weighted by Gasteiger charge is -2.07. The van der Waals surface area contributed by atoms with E-state index in [4.69, 9.17) is 0 Å². The van der Waals surface area contributed by atoms with Gasteiger partial charge in [0.05, 0.1) is 0 Å². The standard InChI is InChI=1S/C16H22BrNO/c1-15(2)13(16(15,3)4)14(19)18-10-12-7-5-11(9-17)6-8-12/h5-8,13H,9-10H2,1-4H3,(H,18,19). The number of amides is 1. The number of hydrogen-bond donors (Lipinski definition) is 1. The molecule has 1 saturated carbocycles. The Balaban J connectivity index is 1.91. The molecule has 0 atom stereocenters. The molecular formula is C16H22BrNO. The normalized spacial score (nSPS) is 20.1. The maximum absolute atomic E-state index is 12.2. The summed E-state index contributed by atoms with van der Waals surface area (Å²) in [4.78, 5) is 12.2. The molecule has 2 nitrogen and oxygen atoms in total. The molecule has 1 N–H and O–H groups in total. The summed E-state index contributed by atoms with van der Waals surface area (Å²) < 4.78 is 0. The second-order valence-electron chi connectivity index (χ2n) is 6.54. The van der Waals surface area contributed by atoms with Gasteiger partial charge in [0.1, 0.15) is 0 Å². The van der Waals surface area contributed by atoms with Crippen LogP contribution in [0, 0.1) is 16.7 Å². The van der Waals surface area contributed by atoms with Crippen LogP contribution in [0.25, 0.3) is 0 Å². The first-order valence-electron chi connectivity index (χ1n) is 6.72. The molecule has 19 heavy (non-hydrogen) atoms. The molecule has 1 aliphatic carbocycles. The molecule has 1 aromatic carbocycles. The van der Waals surface area contributed by atoms with Gasteiger partial charge in [-0.25, -0.2) is 0 Å². The van der Waals surface area contributed by atoms with Crippen LogP contribution in [0.15, 0.2) is 24.3 Å². The fraction of sp³-hybridized carbons (Fsp3) is 0.562. The van der Waals surface area contributed by atoms with Crippen molar-refractivity contribution in [3.8, 4) is 0 Å². The quantitative estimate of drug-likeness (QED) is 0.837. The lowest BCUT2D eigenvalue weighted by Crippen LogP contribution is -2.26. The van der Waals surface area contributed by atoms with Crippen LogP contribution in [0.4, 0.5) is 0 Å². The number of hydrogen-bond acceptors (Lipinski definition) is 1. The van der Waals surface area contributed by atoms with Crippen LogP contribution >= 0.6 is 15.9 Å². The molecule has 0 saturated heterocycles. The Labute approximate surface area is 124 Å². The molecule has 0 aromatic heterocycles. The van der Waals surface area contributed by atoms with E-state index in [-0.39, 0.29) is 22.7 Å². The van der Waals surface area contributed by atoms with Crippen molar-refractivity contribution < 1.29 is 4.79 Å². The fourth-order valence-electron chi connectivity index (χ4n) is 2.89. The minimum atomic E-state index is 0.108. The van der Waals surface area contributed by atoms with Crippen LogP contribution in [0.1, 0.15) is 38.8 Å². The Kier molecular flexibility index (Phi) is 3.78. The highest BCUT2D eigenvalue weighted by atomic mass is 79.9. The van der Waals surface area contributed by atoms with E-state index in [1.165, 1.54) is 5.56 Å². The lowest BCUT2D eigenvalue weighted by atomic mass is 10.0. The van der Waals surface area contributed by atoms with Gasteiger partial charge < -0.3 is 5.32 Å². The number of benzene rings is 1. The molecule has 1 aromatic rings. The van der Waals surface area contributed by atoms with E-state index in [9.17, 15) is 4.79 Å². The number of carbonyl (C=O) groups excluding carboxylic acids is 1. The number of rotatable bonds is 4. The second-order valence-corrected chi connectivity index (χ2v) is 7.11. The highest BCUT2D eigenvalue weighted by molar-refractivity contribution is 9.08. The van der Waals surface area contributed by atoms with Gasteiger partial charge in [-0.3, -0.25) is 4.79 Å². The van der Waals surface area contributed by atoms with Gasteiger partial charge in [-0.15, -0.1) is 0 Å². The molecule has 0 heterocycles. The summed E-state index contributed by atoms with van der Waals surface area (Å²) in [6.07, 6.45) is 0. The number of carbonyl (C=O) groups is 1. The topological polar surface area (TPSA) is 29.1 Å². The summed E-state index contributed by atoms with van der Waals surface area (Å²) in [5.74, 6) is 0.307. The molecule has 3 heteroatoms. The molecule has 0 aliphatic heterocycles. The van der Waals surface area contributed by atoms with E-state index in [2.05, 4.69) is 73.2 Å². The van der Waals surface area contributed by atoms with Gasteiger partial charge in [-0.05, 0) is 22.0 Å². The van der Waals surface area contributed by atoms with E-state index in [0.717, 1.165) is 10.9 Å². The predicted molar refractivity (Wildman–Crippen MR) is 82.0 cm³/mol. The molecular weight excluding hydrogens is 302 g/mol. The van der Waals surface area contributed by atoms with E-state index in [1.54, 1.807) is 0 Å². The minimum Gasteiger partial charge on any atom is -0.352 e. The van der Waals surface area contributed by atoms with Crippen LogP contribution in [-0.4, -0.2) is 5.91 Å². The van der Waals surface area contributed by atoms with Crippen LogP contribution in [0.3, 0.4) is 0 Å². The molecule has 0 spiro atoms. The summed E-state index contributed by atoms with van der Waals surface area (Å²) in [7, 11) is 0. The van der Waals surface area contributed by atoms with Gasteiger partial charge in [0, 0.05) is 17.8 Å². The fourth-order valence-corrected chi connectivity index (χ4v) is 3.26. The Morgan fingerprint density at radius 2 is 1.58 bits per heavy atom. The Morgan fingerprint density at radius 1 is 1.11 bits per heavy atom. The van der Waals surface area contributed by atoms with Gasteiger partial charge in [-0.2, -0.15) is 0 Å². The van der Waals surface area contributed by atoms with Crippen LogP contribution in [0.2, 0.25) is 0 Å². The Morgan fingerprint density at radius 3 is 2.00 bits per heavy atom. The third-order valence-corrected chi connectivity index (χ3v) is 5.57. The zero-order chi connectivity index (χ0) is 14.3. The van der Waals surface area contributed by atoms with Gasteiger partial charge >= 0.3 is 0 Å². The average molecular weight is 324 g/mol. The van der Waals surface area contributed by atoms with Gasteiger partial charge in [0.15, 0.2) is 0 Å². The maximum Gasteiger partial charge on any atom is 0.224 e. The smallest absolute Gasteiger partial charge is 0.224 e. The molecule has 1 aliphatic rings. The first kappa shape index (κ1) is 14.6. The largest absolute Gasteiger partial charge is 0.352 e. The third kappa shape index (κ3) is 2.58. The number of halogens is 1. The van der Waals surface area contributed by atoms with Crippen molar-refractivity contribution in [3.05, 3.63) is 35.4 Å². The van der Waals surface area contributed by atoms with Crippen molar-refractivity contribution in [1.82, 2.24) is 5.32 Å². The van der Waals surface area contributed by atoms with E-state index >= 15 is 0 Å². The summed E-state index contributed by atoms with van der Waals surface area (Å²) >= 11 is 3.43. The van der Waals surface area contributed by atoms with Crippen LogP contribution in [-0.2, 0) is 16.7 Å². The Bertz CT molecular complexity index is 462. The number of nitrogens with one attached hydrogen (secondary N) is 1. The van der Waals surface area contributed by atoms with E-state index in [1.807, 2.05) is 0 Å².